The Morgan fingerprint density at radius 3 is 2.59 bits per heavy atom. The summed E-state index contributed by atoms with van der Waals surface area (Å²) in [7, 11) is 3.26. The van der Waals surface area contributed by atoms with Crippen molar-refractivity contribution in [1.29, 1.82) is 0 Å². The summed E-state index contributed by atoms with van der Waals surface area (Å²) in [6.07, 6.45) is 2.92. The predicted molar refractivity (Wildman–Crippen MR) is 94.7 cm³/mol. The summed E-state index contributed by atoms with van der Waals surface area (Å²) in [6, 6.07) is 6.01. The molecule has 7 heteroatoms. The van der Waals surface area contributed by atoms with E-state index in [1.165, 1.54) is 0 Å². The molecular weight excluding hydrogens is 350 g/mol. The maximum atomic E-state index is 12.6. The SMILES string of the molecule is COc1ccc([C@H]2C3CC4OCOC4CC3C[C@H]3COC(=O)N32)cc1OC. The molecule has 1 aromatic carbocycles. The second-order valence-electron chi connectivity index (χ2n) is 7.86. The van der Waals surface area contributed by atoms with Crippen LogP contribution >= 0.6 is 0 Å². The van der Waals surface area contributed by atoms with E-state index in [1.54, 1.807) is 14.2 Å². The third-order valence-electron chi connectivity index (χ3n) is 6.66. The minimum absolute atomic E-state index is 0.0475. The van der Waals surface area contributed by atoms with Gasteiger partial charge < -0.3 is 23.7 Å². The Balaban J connectivity index is 1.55. The average Bonchev–Trinajstić information content (AvgIpc) is 3.30. The molecule has 146 valence electrons. The normalized spacial score (nSPS) is 37.3. The fourth-order valence-corrected chi connectivity index (χ4v) is 5.45. The number of ether oxygens (including phenoxy) is 5. The maximum Gasteiger partial charge on any atom is 0.410 e. The molecule has 4 unspecified atom stereocenters. The molecule has 4 fully saturated rings. The van der Waals surface area contributed by atoms with E-state index in [4.69, 9.17) is 23.7 Å². The van der Waals surface area contributed by atoms with Gasteiger partial charge in [-0.15, -0.1) is 0 Å². The lowest BCUT2D eigenvalue weighted by Crippen LogP contribution is -2.52. The molecule has 3 saturated heterocycles. The summed E-state index contributed by atoms with van der Waals surface area (Å²) in [5.74, 6) is 2.16. The van der Waals surface area contributed by atoms with Crippen LogP contribution in [0.2, 0.25) is 0 Å². The lowest BCUT2D eigenvalue weighted by molar-refractivity contribution is -0.0333. The van der Waals surface area contributed by atoms with Crippen LogP contribution in [0.3, 0.4) is 0 Å². The third-order valence-corrected chi connectivity index (χ3v) is 6.66. The first-order chi connectivity index (χ1) is 13.2. The number of cyclic esters (lactones) is 1. The molecule has 0 spiro atoms. The molecule has 3 heterocycles. The van der Waals surface area contributed by atoms with Gasteiger partial charge in [0, 0.05) is 0 Å². The van der Waals surface area contributed by atoms with Gasteiger partial charge in [-0.05, 0) is 48.8 Å². The number of carbonyl (C=O) groups is 1. The van der Waals surface area contributed by atoms with Gasteiger partial charge in [-0.25, -0.2) is 4.79 Å². The Morgan fingerprint density at radius 2 is 1.81 bits per heavy atom. The molecule has 5 rings (SSSR count). The number of nitrogens with zero attached hydrogens (tertiary/aromatic N) is 1. The monoisotopic (exact) mass is 375 g/mol. The highest BCUT2D eigenvalue weighted by atomic mass is 16.7. The second kappa shape index (κ2) is 6.56. The van der Waals surface area contributed by atoms with Crippen LogP contribution in [0.1, 0.15) is 30.9 Å². The lowest BCUT2D eigenvalue weighted by atomic mass is 9.66. The second-order valence-corrected chi connectivity index (χ2v) is 7.86. The zero-order valence-corrected chi connectivity index (χ0v) is 15.6. The predicted octanol–water partition coefficient (Wildman–Crippen LogP) is 2.74. The van der Waals surface area contributed by atoms with E-state index in [0.717, 1.165) is 24.8 Å². The van der Waals surface area contributed by atoms with Crippen LogP contribution in [0.15, 0.2) is 18.2 Å². The molecule has 0 aromatic heterocycles. The van der Waals surface area contributed by atoms with Crippen molar-refractivity contribution in [1.82, 2.24) is 4.90 Å². The van der Waals surface area contributed by atoms with Gasteiger partial charge in [0.15, 0.2) is 11.5 Å². The molecular formula is C20H25NO6. The molecule has 1 aliphatic carbocycles. The Hall–Kier alpha value is -1.99. The Morgan fingerprint density at radius 1 is 1.04 bits per heavy atom. The Labute approximate surface area is 158 Å². The number of rotatable bonds is 3. The highest BCUT2D eigenvalue weighted by molar-refractivity contribution is 5.71. The summed E-state index contributed by atoms with van der Waals surface area (Å²) >= 11 is 0. The van der Waals surface area contributed by atoms with Gasteiger partial charge in [-0.1, -0.05) is 6.07 Å². The topological polar surface area (TPSA) is 66.5 Å². The van der Waals surface area contributed by atoms with Crippen molar-refractivity contribution < 1.29 is 28.5 Å². The number of hydrogen-bond donors (Lipinski definition) is 0. The number of piperidine rings is 1. The molecule has 4 aliphatic rings. The molecule has 6 atom stereocenters. The van der Waals surface area contributed by atoms with Crippen LogP contribution in [-0.4, -0.2) is 56.9 Å². The zero-order valence-electron chi connectivity index (χ0n) is 15.6. The Bertz CT molecular complexity index is 739. The summed E-state index contributed by atoms with van der Waals surface area (Å²) in [6.45, 7) is 0.849. The van der Waals surface area contributed by atoms with E-state index >= 15 is 0 Å². The molecule has 0 N–H and O–H groups in total. The minimum Gasteiger partial charge on any atom is -0.493 e. The molecule has 1 saturated carbocycles. The number of benzene rings is 1. The highest BCUT2D eigenvalue weighted by Crippen LogP contribution is 2.52. The van der Waals surface area contributed by atoms with E-state index in [2.05, 4.69) is 0 Å². The molecule has 3 aliphatic heterocycles. The van der Waals surface area contributed by atoms with Gasteiger partial charge in [0.2, 0.25) is 0 Å². The van der Waals surface area contributed by atoms with Crippen molar-refractivity contribution in [2.45, 2.75) is 43.6 Å². The highest BCUT2D eigenvalue weighted by Gasteiger charge is 2.54. The summed E-state index contributed by atoms with van der Waals surface area (Å²) in [5, 5.41) is 0. The van der Waals surface area contributed by atoms with Crippen molar-refractivity contribution in [3.05, 3.63) is 23.8 Å². The number of carbonyl (C=O) groups excluding carboxylic acids is 1. The summed E-state index contributed by atoms with van der Waals surface area (Å²) in [5.41, 5.74) is 1.06. The summed E-state index contributed by atoms with van der Waals surface area (Å²) in [4.78, 5) is 14.5. The quantitative estimate of drug-likeness (QED) is 0.809. The van der Waals surface area contributed by atoms with Crippen molar-refractivity contribution in [2.75, 3.05) is 27.6 Å². The van der Waals surface area contributed by atoms with Crippen molar-refractivity contribution in [2.24, 2.45) is 11.8 Å². The minimum atomic E-state index is -0.219. The van der Waals surface area contributed by atoms with Crippen LogP contribution in [0.5, 0.6) is 11.5 Å². The van der Waals surface area contributed by atoms with Crippen LogP contribution in [0, 0.1) is 11.8 Å². The molecule has 0 radical (unpaired) electrons. The van der Waals surface area contributed by atoms with Crippen LogP contribution in [0.25, 0.3) is 0 Å². The average molecular weight is 375 g/mol. The first-order valence-corrected chi connectivity index (χ1v) is 9.59. The van der Waals surface area contributed by atoms with Gasteiger partial charge in [0.25, 0.3) is 0 Å². The van der Waals surface area contributed by atoms with E-state index < -0.39 is 0 Å². The number of hydrogen-bond acceptors (Lipinski definition) is 6. The first-order valence-electron chi connectivity index (χ1n) is 9.59. The largest absolute Gasteiger partial charge is 0.493 e. The van der Waals surface area contributed by atoms with Crippen LogP contribution < -0.4 is 9.47 Å². The van der Waals surface area contributed by atoms with E-state index in [-0.39, 0.29) is 30.4 Å². The van der Waals surface area contributed by atoms with Crippen molar-refractivity contribution in [3.8, 4) is 11.5 Å². The lowest BCUT2D eigenvalue weighted by Gasteiger charge is -2.50. The van der Waals surface area contributed by atoms with Crippen molar-refractivity contribution in [3.63, 3.8) is 0 Å². The van der Waals surface area contributed by atoms with Crippen LogP contribution in [-0.2, 0) is 14.2 Å². The summed E-state index contributed by atoms with van der Waals surface area (Å²) < 4.78 is 27.9. The molecule has 1 amide bonds. The van der Waals surface area contributed by atoms with Gasteiger partial charge in [0.1, 0.15) is 13.4 Å². The zero-order chi connectivity index (χ0) is 18.5. The maximum absolute atomic E-state index is 12.6. The molecule has 27 heavy (non-hydrogen) atoms. The number of methoxy groups -OCH3 is 2. The smallest absolute Gasteiger partial charge is 0.410 e. The molecule has 0 bridgehead atoms. The van der Waals surface area contributed by atoms with E-state index in [9.17, 15) is 4.79 Å². The molecule has 1 aromatic rings. The van der Waals surface area contributed by atoms with Gasteiger partial charge in [0.05, 0.1) is 38.5 Å². The van der Waals surface area contributed by atoms with Gasteiger partial charge in [-0.3, -0.25) is 4.90 Å². The first kappa shape index (κ1) is 17.1. The molecule has 7 nitrogen and oxygen atoms in total. The standard InChI is InChI=1S/C20H25NO6/c1-23-15-4-3-11(6-16(15)24-2)19-14-8-18-17(26-10-27-18)7-12(14)5-13-9-25-20(22)21(13)19/h3-4,6,12-14,17-19H,5,7-10H2,1-2H3/t12?,13-,14?,17?,18?,19-/m0/s1. The fourth-order valence-electron chi connectivity index (χ4n) is 5.45. The fraction of sp³-hybridized carbons (Fsp3) is 0.650. The van der Waals surface area contributed by atoms with E-state index in [1.807, 2.05) is 23.1 Å². The van der Waals surface area contributed by atoms with Crippen molar-refractivity contribution >= 4 is 6.09 Å². The number of fused-ring (bicyclic) bond motifs is 3. The number of amides is 1. The van der Waals surface area contributed by atoms with Gasteiger partial charge >= 0.3 is 6.09 Å². The van der Waals surface area contributed by atoms with Gasteiger partial charge in [-0.2, -0.15) is 0 Å². The third kappa shape index (κ3) is 2.67. The van der Waals surface area contributed by atoms with E-state index in [0.29, 0.717) is 36.7 Å². The Kier molecular flexibility index (Phi) is 4.16. The van der Waals surface area contributed by atoms with Crippen LogP contribution in [0.4, 0.5) is 4.79 Å².